The van der Waals surface area contributed by atoms with Crippen molar-refractivity contribution in [1.82, 2.24) is 10.6 Å². The zero-order chi connectivity index (χ0) is 19.6. The van der Waals surface area contributed by atoms with Crippen LogP contribution in [-0.4, -0.2) is 31.5 Å². The lowest BCUT2D eigenvalue weighted by atomic mass is 10.0. The Hall–Kier alpha value is -3.38. The summed E-state index contributed by atoms with van der Waals surface area (Å²) >= 11 is 0. The molecule has 2 N–H and O–H groups in total. The SMILES string of the molecule is O=C(COC(c1ccccc1)c1ccccc1)NCCNC(=O)c1ccco1. The van der Waals surface area contributed by atoms with E-state index in [0.29, 0.717) is 13.1 Å². The molecule has 0 saturated carbocycles. The van der Waals surface area contributed by atoms with E-state index in [9.17, 15) is 9.59 Å². The average Bonchev–Trinajstić information content (AvgIpc) is 3.28. The zero-order valence-electron chi connectivity index (χ0n) is 15.3. The first kappa shape index (κ1) is 19.4. The Kier molecular flexibility index (Phi) is 6.98. The molecule has 3 rings (SSSR count). The number of nitrogens with one attached hydrogen (secondary N) is 2. The summed E-state index contributed by atoms with van der Waals surface area (Å²) in [6, 6.07) is 22.8. The number of furan rings is 1. The molecule has 6 nitrogen and oxygen atoms in total. The Labute approximate surface area is 163 Å². The lowest BCUT2D eigenvalue weighted by Crippen LogP contribution is -2.36. The number of hydrogen-bond acceptors (Lipinski definition) is 4. The zero-order valence-corrected chi connectivity index (χ0v) is 15.3. The maximum absolute atomic E-state index is 12.1. The van der Waals surface area contributed by atoms with Gasteiger partial charge < -0.3 is 19.8 Å². The van der Waals surface area contributed by atoms with Crippen LogP contribution in [0.25, 0.3) is 0 Å². The standard InChI is InChI=1S/C22H22N2O4/c25-20(23-13-14-24-22(26)19-12-7-15-27-19)16-28-21(17-8-3-1-4-9-17)18-10-5-2-6-11-18/h1-12,15,21H,13-14,16H2,(H,23,25)(H,24,26). The van der Waals surface area contributed by atoms with E-state index >= 15 is 0 Å². The van der Waals surface area contributed by atoms with Gasteiger partial charge in [0.25, 0.3) is 5.91 Å². The van der Waals surface area contributed by atoms with Crippen LogP contribution >= 0.6 is 0 Å². The van der Waals surface area contributed by atoms with Gasteiger partial charge in [0.15, 0.2) is 5.76 Å². The minimum atomic E-state index is -0.327. The Morgan fingerprint density at radius 2 is 1.43 bits per heavy atom. The number of carbonyl (C=O) groups is 2. The molecule has 28 heavy (non-hydrogen) atoms. The highest BCUT2D eigenvalue weighted by molar-refractivity contribution is 5.91. The number of amides is 2. The van der Waals surface area contributed by atoms with Crippen LogP contribution in [-0.2, 0) is 9.53 Å². The monoisotopic (exact) mass is 378 g/mol. The molecule has 0 aliphatic carbocycles. The van der Waals surface area contributed by atoms with E-state index in [1.165, 1.54) is 6.26 Å². The van der Waals surface area contributed by atoms with Crippen LogP contribution in [0.1, 0.15) is 27.8 Å². The molecule has 0 aliphatic heterocycles. The minimum Gasteiger partial charge on any atom is -0.459 e. The van der Waals surface area contributed by atoms with E-state index in [0.717, 1.165) is 11.1 Å². The maximum Gasteiger partial charge on any atom is 0.287 e. The van der Waals surface area contributed by atoms with Crippen molar-refractivity contribution in [3.05, 3.63) is 95.9 Å². The lowest BCUT2D eigenvalue weighted by molar-refractivity contribution is -0.127. The van der Waals surface area contributed by atoms with E-state index < -0.39 is 0 Å². The Bertz CT molecular complexity index is 825. The lowest BCUT2D eigenvalue weighted by Gasteiger charge is -2.18. The summed E-state index contributed by atoms with van der Waals surface area (Å²) in [7, 11) is 0. The molecule has 0 saturated heterocycles. The Morgan fingerprint density at radius 1 is 0.821 bits per heavy atom. The van der Waals surface area contributed by atoms with Crippen LogP contribution in [0.3, 0.4) is 0 Å². The Balaban J connectivity index is 1.47. The van der Waals surface area contributed by atoms with Crippen LogP contribution in [0.15, 0.2) is 83.5 Å². The van der Waals surface area contributed by atoms with Gasteiger partial charge in [0.1, 0.15) is 12.7 Å². The Morgan fingerprint density at radius 3 is 2.00 bits per heavy atom. The number of benzene rings is 2. The molecule has 1 heterocycles. The van der Waals surface area contributed by atoms with Gasteiger partial charge in [-0.25, -0.2) is 0 Å². The van der Waals surface area contributed by atoms with Crippen LogP contribution < -0.4 is 10.6 Å². The highest BCUT2D eigenvalue weighted by Gasteiger charge is 2.16. The fourth-order valence-electron chi connectivity index (χ4n) is 2.72. The summed E-state index contributed by atoms with van der Waals surface area (Å²) in [6.07, 6.45) is 1.11. The van der Waals surface area contributed by atoms with Gasteiger partial charge in [0.2, 0.25) is 5.91 Å². The topological polar surface area (TPSA) is 80.6 Å². The van der Waals surface area contributed by atoms with Crippen molar-refractivity contribution in [2.24, 2.45) is 0 Å². The molecule has 0 bridgehead atoms. The van der Waals surface area contributed by atoms with Gasteiger partial charge in [-0.2, -0.15) is 0 Å². The summed E-state index contributed by atoms with van der Waals surface area (Å²) in [5.74, 6) is -0.323. The molecule has 0 atom stereocenters. The van der Waals surface area contributed by atoms with E-state index in [4.69, 9.17) is 9.15 Å². The van der Waals surface area contributed by atoms with Gasteiger partial charge >= 0.3 is 0 Å². The predicted octanol–water partition coefficient (Wildman–Crippen LogP) is 2.93. The first-order chi connectivity index (χ1) is 13.7. The van der Waals surface area contributed by atoms with Crippen molar-refractivity contribution in [2.45, 2.75) is 6.10 Å². The van der Waals surface area contributed by atoms with Gasteiger partial charge in [-0.3, -0.25) is 9.59 Å². The maximum atomic E-state index is 12.1. The van der Waals surface area contributed by atoms with E-state index in [1.54, 1.807) is 12.1 Å². The summed E-state index contributed by atoms with van der Waals surface area (Å²) in [6.45, 7) is 0.517. The summed E-state index contributed by atoms with van der Waals surface area (Å²) in [5, 5.41) is 5.40. The number of ether oxygens (including phenoxy) is 1. The van der Waals surface area contributed by atoms with Crippen molar-refractivity contribution in [3.63, 3.8) is 0 Å². The molecule has 6 heteroatoms. The van der Waals surface area contributed by atoms with Crippen molar-refractivity contribution < 1.29 is 18.7 Å². The van der Waals surface area contributed by atoms with Crippen LogP contribution in [0.4, 0.5) is 0 Å². The summed E-state index contributed by atoms with van der Waals surface area (Å²) in [5.41, 5.74) is 1.96. The minimum absolute atomic E-state index is 0.0828. The van der Waals surface area contributed by atoms with E-state index in [1.807, 2.05) is 60.7 Å². The smallest absolute Gasteiger partial charge is 0.287 e. The molecule has 2 aromatic carbocycles. The van der Waals surface area contributed by atoms with E-state index in [-0.39, 0.29) is 30.3 Å². The van der Waals surface area contributed by atoms with Crippen LogP contribution in [0.2, 0.25) is 0 Å². The van der Waals surface area contributed by atoms with E-state index in [2.05, 4.69) is 10.6 Å². The normalized spacial score (nSPS) is 10.6. The third kappa shape index (κ3) is 5.56. The molecule has 2 amide bonds. The largest absolute Gasteiger partial charge is 0.459 e. The molecule has 1 aromatic heterocycles. The number of hydrogen-bond donors (Lipinski definition) is 2. The number of rotatable bonds is 9. The third-order valence-electron chi connectivity index (χ3n) is 4.06. The molecule has 0 spiro atoms. The van der Waals surface area contributed by atoms with Gasteiger partial charge in [-0.15, -0.1) is 0 Å². The molecule has 3 aromatic rings. The van der Waals surface area contributed by atoms with Crippen molar-refractivity contribution in [1.29, 1.82) is 0 Å². The second kappa shape index (κ2) is 10.1. The molecular formula is C22H22N2O4. The second-order valence-corrected chi connectivity index (χ2v) is 6.10. The van der Waals surface area contributed by atoms with Gasteiger partial charge in [0, 0.05) is 13.1 Å². The highest BCUT2D eigenvalue weighted by atomic mass is 16.5. The first-order valence-corrected chi connectivity index (χ1v) is 9.04. The van der Waals surface area contributed by atoms with Gasteiger partial charge in [-0.1, -0.05) is 60.7 Å². The molecule has 144 valence electrons. The van der Waals surface area contributed by atoms with Crippen molar-refractivity contribution in [3.8, 4) is 0 Å². The van der Waals surface area contributed by atoms with Crippen LogP contribution in [0, 0.1) is 0 Å². The third-order valence-corrected chi connectivity index (χ3v) is 4.06. The fraction of sp³-hybridized carbons (Fsp3) is 0.182. The molecular weight excluding hydrogens is 356 g/mol. The first-order valence-electron chi connectivity index (χ1n) is 9.04. The molecule has 0 fully saturated rings. The average molecular weight is 378 g/mol. The summed E-state index contributed by atoms with van der Waals surface area (Å²) in [4.78, 5) is 23.9. The van der Waals surface area contributed by atoms with Crippen molar-refractivity contribution in [2.75, 3.05) is 19.7 Å². The molecule has 0 unspecified atom stereocenters. The van der Waals surface area contributed by atoms with Gasteiger partial charge in [-0.05, 0) is 23.3 Å². The molecule has 0 aliphatic rings. The van der Waals surface area contributed by atoms with Crippen LogP contribution in [0.5, 0.6) is 0 Å². The molecule has 0 radical (unpaired) electrons. The number of carbonyl (C=O) groups excluding carboxylic acids is 2. The summed E-state index contributed by atoms with van der Waals surface area (Å²) < 4.78 is 10.9. The fourth-order valence-corrected chi connectivity index (χ4v) is 2.72. The quantitative estimate of drug-likeness (QED) is 0.561. The van der Waals surface area contributed by atoms with Crippen molar-refractivity contribution >= 4 is 11.8 Å². The predicted molar refractivity (Wildman–Crippen MR) is 105 cm³/mol. The van der Waals surface area contributed by atoms with Gasteiger partial charge in [0.05, 0.1) is 6.26 Å². The highest BCUT2D eigenvalue weighted by Crippen LogP contribution is 2.25. The second-order valence-electron chi connectivity index (χ2n) is 6.10.